The van der Waals surface area contributed by atoms with Crippen LogP contribution < -0.4 is 10.6 Å². The first kappa shape index (κ1) is 14.7. The molecular weight excluding hydrogens is 275 g/mol. The molecule has 1 aromatic rings. The molecule has 0 radical (unpaired) electrons. The smallest absolute Gasteiger partial charge is 0.382 e. The lowest BCUT2D eigenvalue weighted by Gasteiger charge is -2.15. The van der Waals surface area contributed by atoms with Gasteiger partial charge in [0.25, 0.3) is 0 Å². The third kappa shape index (κ3) is 4.49. The van der Waals surface area contributed by atoms with Crippen molar-refractivity contribution in [3.05, 3.63) is 5.28 Å². The lowest BCUT2D eigenvalue weighted by Crippen LogP contribution is -2.35. The molecule has 0 amide bonds. The fraction of sp³-hybridized carbons (Fsp3) is 0.625. The minimum Gasteiger partial charge on any atom is -0.382 e. The Morgan fingerprint density at radius 2 is 1.78 bits per heavy atom. The summed E-state index contributed by atoms with van der Waals surface area (Å²) in [7, 11) is 0. The Bertz CT molecular complexity index is 403. The summed E-state index contributed by atoms with van der Waals surface area (Å²) in [6.07, 6.45) is -7.20. The van der Waals surface area contributed by atoms with Gasteiger partial charge in [-0.15, -0.1) is 0 Å². The van der Waals surface area contributed by atoms with Crippen LogP contribution in [0.2, 0.25) is 5.28 Å². The van der Waals surface area contributed by atoms with E-state index in [2.05, 4.69) is 25.6 Å². The molecule has 18 heavy (non-hydrogen) atoms. The Balaban J connectivity index is 2.67. The van der Waals surface area contributed by atoms with Crippen LogP contribution in [0.15, 0.2) is 0 Å². The summed E-state index contributed by atoms with van der Waals surface area (Å²) < 4.78 is 36.1. The highest BCUT2D eigenvalue weighted by Gasteiger charge is 2.38. The molecule has 0 bridgehead atoms. The van der Waals surface area contributed by atoms with Crippen molar-refractivity contribution in [2.24, 2.45) is 0 Å². The SMILES string of the molecule is CCNc1nc(Cl)nc(NCC(O)C(F)(F)F)n1. The number of aromatic nitrogens is 3. The van der Waals surface area contributed by atoms with Gasteiger partial charge < -0.3 is 15.7 Å². The summed E-state index contributed by atoms with van der Waals surface area (Å²) in [5.41, 5.74) is 0. The molecule has 6 nitrogen and oxygen atoms in total. The number of nitrogens with one attached hydrogen (secondary N) is 2. The molecule has 0 spiro atoms. The molecule has 0 aliphatic heterocycles. The van der Waals surface area contributed by atoms with Crippen LogP contribution >= 0.6 is 11.6 Å². The van der Waals surface area contributed by atoms with E-state index in [1.807, 2.05) is 0 Å². The van der Waals surface area contributed by atoms with Crippen molar-refractivity contribution in [1.82, 2.24) is 15.0 Å². The summed E-state index contributed by atoms with van der Waals surface area (Å²) in [6, 6.07) is 0. The van der Waals surface area contributed by atoms with Crippen LogP contribution in [0, 0.1) is 0 Å². The summed E-state index contributed by atoms with van der Waals surface area (Å²) in [5, 5.41) is 13.6. The first-order valence-corrected chi connectivity index (χ1v) is 5.34. The second kappa shape index (κ2) is 6.01. The largest absolute Gasteiger partial charge is 0.416 e. The van der Waals surface area contributed by atoms with Gasteiger partial charge in [0.05, 0.1) is 6.54 Å². The van der Waals surface area contributed by atoms with Crippen molar-refractivity contribution >= 4 is 23.5 Å². The van der Waals surface area contributed by atoms with Gasteiger partial charge in [0.1, 0.15) is 0 Å². The highest BCUT2D eigenvalue weighted by molar-refractivity contribution is 6.28. The van der Waals surface area contributed by atoms with Crippen molar-refractivity contribution in [1.29, 1.82) is 0 Å². The third-order valence-corrected chi connectivity index (χ3v) is 1.94. The minimum atomic E-state index is -4.70. The summed E-state index contributed by atoms with van der Waals surface area (Å²) >= 11 is 5.56. The number of hydrogen-bond acceptors (Lipinski definition) is 6. The highest BCUT2D eigenvalue weighted by atomic mass is 35.5. The number of aliphatic hydroxyl groups excluding tert-OH is 1. The van der Waals surface area contributed by atoms with Crippen LogP contribution in [0.3, 0.4) is 0 Å². The van der Waals surface area contributed by atoms with Crippen molar-refractivity contribution in [2.45, 2.75) is 19.2 Å². The standard InChI is InChI=1S/C8H11ClF3N5O/c1-2-13-6-15-5(9)16-7(17-6)14-3-4(18)8(10,11)12/h4,18H,2-3H2,1H3,(H2,13,14,15,16,17). The second-order valence-corrected chi connectivity index (χ2v) is 3.56. The Morgan fingerprint density at radius 3 is 2.28 bits per heavy atom. The van der Waals surface area contributed by atoms with Crippen LogP contribution in [0.4, 0.5) is 25.1 Å². The van der Waals surface area contributed by atoms with Gasteiger partial charge >= 0.3 is 6.18 Å². The number of anilines is 2. The highest BCUT2D eigenvalue weighted by Crippen LogP contribution is 2.20. The van der Waals surface area contributed by atoms with E-state index in [1.165, 1.54) is 0 Å². The summed E-state index contributed by atoms with van der Waals surface area (Å²) in [6.45, 7) is 1.54. The first-order valence-electron chi connectivity index (χ1n) is 4.97. The fourth-order valence-corrected chi connectivity index (χ4v) is 1.13. The third-order valence-electron chi connectivity index (χ3n) is 1.77. The van der Waals surface area contributed by atoms with E-state index in [0.717, 1.165) is 0 Å². The maximum atomic E-state index is 12.0. The van der Waals surface area contributed by atoms with Crippen LogP contribution in [-0.4, -0.2) is 45.4 Å². The van der Waals surface area contributed by atoms with Gasteiger partial charge in [-0.25, -0.2) is 0 Å². The maximum Gasteiger partial charge on any atom is 0.416 e. The van der Waals surface area contributed by atoms with E-state index in [1.54, 1.807) is 6.92 Å². The van der Waals surface area contributed by atoms with Crippen molar-refractivity contribution in [3.63, 3.8) is 0 Å². The van der Waals surface area contributed by atoms with Gasteiger partial charge in [-0.1, -0.05) is 0 Å². The van der Waals surface area contributed by atoms with Crippen molar-refractivity contribution in [2.75, 3.05) is 23.7 Å². The average molecular weight is 286 g/mol. The molecule has 0 fully saturated rings. The second-order valence-electron chi connectivity index (χ2n) is 3.22. The number of nitrogens with zero attached hydrogens (tertiary/aromatic N) is 3. The lowest BCUT2D eigenvalue weighted by atomic mass is 10.3. The maximum absolute atomic E-state index is 12.0. The van der Waals surface area contributed by atoms with E-state index in [0.29, 0.717) is 6.54 Å². The number of hydrogen-bond donors (Lipinski definition) is 3. The Labute approximate surface area is 106 Å². The molecule has 102 valence electrons. The van der Waals surface area contributed by atoms with E-state index in [4.69, 9.17) is 16.7 Å². The van der Waals surface area contributed by atoms with E-state index >= 15 is 0 Å². The average Bonchev–Trinajstić information content (AvgIpc) is 2.24. The van der Waals surface area contributed by atoms with E-state index < -0.39 is 18.8 Å². The zero-order valence-corrected chi connectivity index (χ0v) is 10.0. The Hall–Kier alpha value is -1.35. The topological polar surface area (TPSA) is 83.0 Å². The van der Waals surface area contributed by atoms with Gasteiger partial charge in [-0.2, -0.15) is 28.1 Å². The normalized spacial score (nSPS) is 13.2. The molecule has 1 atom stereocenters. The Morgan fingerprint density at radius 1 is 1.22 bits per heavy atom. The molecule has 1 rings (SSSR count). The molecule has 3 N–H and O–H groups in total. The molecule has 0 aliphatic rings. The number of aliphatic hydroxyl groups is 1. The van der Waals surface area contributed by atoms with Gasteiger partial charge in [-0.3, -0.25) is 0 Å². The van der Waals surface area contributed by atoms with Crippen LogP contribution in [-0.2, 0) is 0 Å². The summed E-state index contributed by atoms with van der Waals surface area (Å²) in [5.74, 6) is -0.00394. The molecule has 1 heterocycles. The molecule has 0 saturated carbocycles. The fourth-order valence-electron chi connectivity index (χ4n) is 0.970. The van der Waals surface area contributed by atoms with Crippen LogP contribution in [0.25, 0.3) is 0 Å². The van der Waals surface area contributed by atoms with Crippen molar-refractivity contribution in [3.8, 4) is 0 Å². The Kier molecular flexibility index (Phi) is 4.91. The molecule has 0 aliphatic carbocycles. The molecule has 1 aromatic heterocycles. The lowest BCUT2D eigenvalue weighted by molar-refractivity contribution is -0.198. The number of halogens is 4. The van der Waals surface area contributed by atoms with Gasteiger partial charge in [0.2, 0.25) is 17.2 Å². The minimum absolute atomic E-state index is 0.140. The first-order chi connectivity index (χ1) is 8.32. The van der Waals surface area contributed by atoms with E-state index in [-0.39, 0.29) is 17.2 Å². The molecule has 1 unspecified atom stereocenters. The molecule has 0 saturated heterocycles. The number of alkyl halides is 3. The monoisotopic (exact) mass is 285 g/mol. The van der Waals surface area contributed by atoms with Gasteiger partial charge in [-0.05, 0) is 18.5 Å². The molecule has 0 aromatic carbocycles. The molecule has 10 heteroatoms. The summed E-state index contributed by atoms with van der Waals surface area (Å²) in [4.78, 5) is 11.1. The van der Waals surface area contributed by atoms with Gasteiger partial charge in [0, 0.05) is 6.54 Å². The predicted octanol–water partition coefficient (Wildman–Crippen LogP) is 1.29. The van der Waals surface area contributed by atoms with E-state index in [9.17, 15) is 13.2 Å². The molecular formula is C8H11ClF3N5O. The zero-order valence-electron chi connectivity index (χ0n) is 9.29. The van der Waals surface area contributed by atoms with Crippen LogP contribution in [0.5, 0.6) is 0 Å². The van der Waals surface area contributed by atoms with Gasteiger partial charge in [0.15, 0.2) is 6.10 Å². The predicted molar refractivity (Wildman–Crippen MR) is 59.6 cm³/mol. The van der Waals surface area contributed by atoms with Crippen LogP contribution in [0.1, 0.15) is 6.92 Å². The zero-order chi connectivity index (χ0) is 13.8. The quantitative estimate of drug-likeness (QED) is 0.756. The number of rotatable bonds is 5. The van der Waals surface area contributed by atoms with Crippen molar-refractivity contribution < 1.29 is 18.3 Å².